The van der Waals surface area contributed by atoms with E-state index in [0.29, 0.717) is 0 Å². The van der Waals surface area contributed by atoms with E-state index in [1.54, 1.807) is 11.3 Å². The van der Waals surface area contributed by atoms with Crippen LogP contribution in [0.15, 0.2) is 18.3 Å². The molecule has 1 N–H and O–H groups in total. The molecule has 2 heterocycles. The molecule has 0 aromatic carbocycles. The number of thiazole rings is 1. The van der Waals surface area contributed by atoms with Gasteiger partial charge in [0.1, 0.15) is 5.01 Å². The first-order valence-electron chi connectivity index (χ1n) is 6.30. The quantitative estimate of drug-likeness (QED) is 0.839. The maximum atomic E-state index is 4.50. The Morgan fingerprint density at radius 3 is 2.61 bits per heavy atom. The monoisotopic (exact) mass is 261 g/mol. The molecule has 0 bridgehead atoms. The van der Waals surface area contributed by atoms with Gasteiger partial charge in [-0.1, -0.05) is 6.92 Å². The minimum atomic E-state index is 0.911. The summed E-state index contributed by atoms with van der Waals surface area (Å²) in [5, 5.41) is 4.48. The fourth-order valence-corrected chi connectivity index (χ4v) is 2.74. The van der Waals surface area contributed by atoms with Gasteiger partial charge in [0.05, 0.1) is 0 Å². The molecule has 0 amide bonds. The number of pyridine rings is 1. The predicted molar refractivity (Wildman–Crippen MR) is 76.8 cm³/mol. The highest BCUT2D eigenvalue weighted by Crippen LogP contribution is 2.25. The predicted octanol–water partition coefficient (Wildman–Crippen LogP) is 3.32. The van der Waals surface area contributed by atoms with E-state index in [2.05, 4.69) is 34.3 Å². The summed E-state index contributed by atoms with van der Waals surface area (Å²) in [4.78, 5) is 10.2. The summed E-state index contributed by atoms with van der Waals surface area (Å²) in [6.07, 6.45) is 3.13. The lowest BCUT2D eigenvalue weighted by molar-refractivity contribution is 0.681. The number of aromatic nitrogens is 2. The highest BCUT2D eigenvalue weighted by Gasteiger charge is 2.06. The number of hydrogen-bond donors (Lipinski definition) is 1. The van der Waals surface area contributed by atoms with Crippen molar-refractivity contribution in [1.82, 2.24) is 15.3 Å². The first-order valence-corrected chi connectivity index (χ1v) is 7.11. The van der Waals surface area contributed by atoms with E-state index in [4.69, 9.17) is 0 Å². The van der Waals surface area contributed by atoms with E-state index in [1.807, 2.05) is 20.0 Å². The van der Waals surface area contributed by atoms with Crippen molar-refractivity contribution in [2.75, 3.05) is 6.54 Å². The molecule has 0 radical (unpaired) electrons. The second kappa shape index (κ2) is 6.07. The normalized spacial score (nSPS) is 10.8. The first-order chi connectivity index (χ1) is 8.69. The van der Waals surface area contributed by atoms with Crippen LogP contribution in [0.5, 0.6) is 0 Å². The Morgan fingerprint density at radius 2 is 1.94 bits per heavy atom. The van der Waals surface area contributed by atoms with Gasteiger partial charge in [-0.25, -0.2) is 4.98 Å². The Morgan fingerprint density at radius 1 is 1.22 bits per heavy atom. The third-order valence-corrected chi connectivity index (χ3v) is 3.65. The van der Waals surface area contributed by atoms with Crippen LogP contribution in [0.4, 0.5) is 0 Å². The molecule has 0 saturated carbocycles. The van der Waals surface area contributed by atoms with Crippen LogP contribution in [0.1, 0.15) is 29.6 Å². The van der Waals surface area contributed by atoms with Crippen LogP contribution in [0.3, 0.4) is 0 Å². The van der Waals surface area contributed by atoms with Crippen molar-refractivity contribution in [3.05, 3.63) is 34.6 Å². The van der Waals surface area contributed by atoms with Gasteiger partial charge in [-0.2, -0.15) is 0 Å². The molecule has 2 rings (SSSR count). The van der Waals surface area contributed by atoms with Gasteiger partial charge in [-0.3, -0.25) is 4.98 Å². The van der Waals surface area contributed by atoms with Gasteiger partial charge in [-0.15, -0.1) is 11.3 Å². The van der Waals surface area contributed by atoms with Crippen molar-refractivity contribution >= 4 is 11.3 Å². The van der Waals surface area contributed by atoms with Crippen molar-refractivity contribution in [1.29, 1.82) is 0 Å². The third-order valence-electron chi connectivity index (χ3n) is 2.61. The van der Waals surface area contributed by atoms with Crippen LogP contribution in [-0.4, -0.2) is 16.5 Å². The summed E-state index contributed by atoms with van der Waals surface area (Å²) in [5.74, 6) is 0. The highest BCUT2D eigenvalue weighted by molar-refractivity contribution is 7.15. The molecular formula is C14H19N3S. The molecule has 0 aliphatic heterocycles. The van der Waals surface area contributed by atoms with Crippen LogP contribution in [0.2, 0.25) is 0 Å². The smallest absolute Gasteiger partial charge is 0.123 e. The zero-order chi connectivity index (χ0) is 13.0. The second-order valence-corrected chi connectivity index (χ2v) is 5.56. The van der Waals surface area contributed by atoms with Crippen molar-refractivity contribution < 1.29 is 0 Å². The number of aryl methyl sites for hydroxylation is 2. The molecule has 3 nitrogen and oxygen atoms in total. The fraction of sp³-hybridized carbons (Fsp3) is 0.429. The Hall–Kier alpha value is -1.26. The van der Waals surface area contributed by atoms with Crippen LogP contribution in [-0.2, 0) is 6.54 Å². The van der Waals surface area contributed by atoms with Crippen molar-refractivity contribution in [2.24, 2.45) is 0 Å². The number of hydrogen-bond acceptors (Lipinski definition) is 4. The van der Waals surface area contributed by atoms with Gasteiger partial charge in [0.2, 0.25) is 0 Å². The van der Waals surface area contributed by atoms with Crippen LogP contribution < -0.4 is 5.32 Å². The van der Waals surface area contributed by atoms with Crippen molar-refractivity contribution in [3.63, 3.8) is 0 Å². The molecule has 0 atom stereocenters. The molecule has 18 heavy (non-hydrogen) atoms. The van der Waals surface area contributed by atoms with Gasteiger partial charge >= 0.3 is 0 Å². The van der Waals surface area contributed by atoms with E-state index in [-0.39, 0.29) is 0 Å². The molecule has 0 aliphatic rings. The average Bonchev–Trinajstić information content (AvgIpc) is 2.77. The average molecular weight is 261 g/mol. The van der Waals surface area contributed by atoms with Crippen LogP contribution in [0, 0.1) is 13.8 Å². The van der Waals surface area contributed by atoms with E-state index < -0.39 is 0 Å². The fourth-order valence-electron chi connectivity index (χ4n) is 1.87. The minimum Gasteiger partial charge on any atom is -0.312 e. The molecule has 0 spiro atoms. The molecule has 96 valence electrons. The van der Waals surface area contributed by atoms with Gasteiger partial charge in [-0.05, 0) is 38.9 Å². The third kappa shape index (κ3) is 3.37. The molecule has 0 saturated heterocycles. The van der Waals surface area contributed by atoms with E-state index in [9.17, 15) is 0 Å². The van der Waals surface area contributed by atoms with Gasteiger partial charge in [0.25, 0.3) is 0 Å². The summed E-state index contributed by atoms with van der Waals surface area (Å²) in [6.45, 7) is 8.19. The largest absolute Gasteiger partial charge is 0.312 e. The zero-order valence-corrected chi connectivity index (χ0v) is 12.0. The Bertz CT molecular complexity index is 499. The molecule has 0 unspecified atom stereocenters. The zero-order valence-electron chi connectivity index (χ0n) is 11.2. The molecular weight excluding hydrogens is 242 g/mol. The summed E-state index contributed by atoms with van der Waals surface area (Å²) >= 11 is 1.75. The lowest BCUT2D eigenvalue weighted by Crippen LogP contribution is -2.12. The van der Waals surface area contributed by atoms with E-state index >= 15 is 0 Å². The summed E-state index contributed by atoms with van der Waals surface area (Å²) in [5.41, 5.74) is 3.27. The lowest BCUT2D eigenvalue weighted by Gasteiger charge is -2.01. The van der Waals surface area contributed by atoms with E-state index in [0.717, 1.165) is 35.9 Å². The van der Waals surface area contributed by atoms with E-state index in [1.165, 1.54) is 10.4 Å². The maximum absolute atomic E-state index is 4.50. The van der Waals surface area contributed by atoms with Crippen molar-refractivity contribution in [2.45, 2.75) is 33.7 Å². The van der Waals surface area contributed by atoms with Crippen LogP contribution >= 0.6 is 11.3 Å². The Balaban J connectivity index is 2.13. The summed E-state index contributed by atoms with van der Waals surface area (Å²) in [6, 6.07) is 4.18. The topological polar surface area (TPSA) is 37.8 Å². The Kier molecular flexibility index (Phi) is 4.44. The molecule has 2 aromatic rings. The SMILES string of the molecule is CCCNCc1cnc(-c2cc(C)nc(C)c2)s1. The molecule has 0 aliphatic carbocycles. The van der Waals surface area contributed by atoms with Crippen molar-refractivity contribution in [3.8, 4) is 10.6 Å². The maximum Gasteiger partial charge on any atom is 0.123 e. The summed E-state index contributed by atoms with van der Waals surface area (Å²) in [7, 11) is 0. The second-order valence-electron chi connectivity index (χ2n) is 4.45. The standard InChI is InChI=1S/C14H19N3S/c1-4-5-15-8-13-9-16-14(18-13)12-6-10(2)17-11(3)7-12/h6-7,9,15H,4-5,8H2,1-3H3. The van der Waals surface area contributed by atoms with Gasteiger partial charge < -0.3 is 5.32 Å². The summed E-state index contributed by atoms with van der Waals surface area (Å²) < 4.78 is 0. The molecule has 4 heteroatoms. The molecule has 2 aromatic heterocycles. The number of rotatable bonds is 5. The number of nitrogens with one attached hydrogen (secondary N) is 1. The van der Waals surface area contributed by atoms with Crippen LogP contribution in [0.25, 0.3) is 10.6 Å². The Labute approximate surface area is 112 Å². The lowest BCUT2D eigenvalue weighted by atomic mass is 10.2. The first kappa shape index (κ1) is 13.2. The van der Waals surface area contributed by atoms with Gasteiger partial charge in [0.15, 0.2) is 0 Å². The molecule has 0 fully saturated rings. The highest BCUT2D eigenvalue weighted by atomic mass is 32.1. The minimum absolute atomic E-state index is 0.911. The van der Waals surface area contributed by atoms with Gasteiger partial charge in [0, 0.05) is 34.6 Å². The number of nitrogens with zero attached hydrogens (tertiary/aromatic N) is 2.